The normalized spacial score (nSPS) is 29.8. The fraction of sp³-hybridized carbons (Fsp3) is 0.846. The number of amides is 1. The van der Waals surface area contributed by atoms with Crippen molar-refractivity contribution in [2.75, 3.05) is 33.9 Å². The summed E-state index contributed by atoms with van der Waals surface area (Å²) in [4.78, 5) is 10.7. The van der Waals surface area contributed by atoms with Gasteiger partial charge in [-0.05, 0) is 0 Å². The summed E-state index contributed by atoms with van der Waals surface area (Å²) in [6.45, 7) is 1.33. The van der Waals surface area contributed by atoms with Crippen LogP contribution in [0.4, 0.5) is 0 Å². The Morgan fingerprint density at radius 2 is 1.83 bits per heavy atom. The maximum absolute atomic E-state index is 10.7. The summed E-state index contributed by atoms with van der Waals surface area (Å²) in [6, 6.07) is -1.10. The third kappa shape index (κ3) is 7.85. The first kappa shape index (κ1) is 23.2. The molecule has 10 nitrogen and oxygen atoms in total. The standard InChI is InChI=1S/C8H15NO6.C5H11NO2P/c1-3(11)9-5-7(13)6(12)4(2-10)15-8(5)14;1-6(2,3-4-7)5-9-8/h4-8,10,12-14H,2H2,1H3,(H,9,11);7H,3-4H2,1-2H3/q;+1/t4-,5-,6+,7-,8?;/m1./s1. The van der Waals surface area contributed by atoms with Gasteiger partial charge in [0, 0.05) is 6.92 Å². The van der Waals surface area contributed by atoms with Gasteiger partial charge < -0.3 is 30.5 Å². The van der Waals surface area contributed by atoms with E-state index >= 15 is 0 Å². The molecule has 1 aliphatic heterocycles. The Hall–Kier alpha value is -0.800. The molecule has 1 amide bonds. The average molecular weight is 369 g/mol. The van der Waals surface area contributed by atoms with Crippen molar-refractivity contribution in [2.24, 2.45) is 0 Å². The summed E-state index contributed by atoms with van der Waals surface area (Å²) in [5, 5.41) is 47.9. The second-order valence-electron chi connectivity index (χ2n) is 5.78. The third-order valence-electron chi connectivity index (χ3n) is 3.24. The molecule has 1 rings (SSSR count). The first-order valence-corrected chi connectivity index (χ1v) is 8.02. The van der Waals surface area contributed by atoms with Crippen LogP contribution in [-0.2, 0) is 14.1 Å². The van der Waals surface area contributed by atoms with E-state index in [1.165, 1.54) is 6.92 Å². The minimum atomic E-state index is -1.45. The Morgan fingerprint density at radius 3 is 2.25 bits per heavy atom. The van der Waals surface area contributed by atoms with Gasteiger partial charge in [0.2, 0.25) is 5.91 Å². The molecule has 0 aromatic heterocycles. The van der Waals surface area contributed by atoms with Crippen LogP contribution in [-0.4, -0.2) is 100 Å². The molecule has 6 N–H and O–H groups in total. The Morgan fingerprint density at radius 1 is 1.25 bits per heavy atom. The van der Waals surface area contributed by atoms with Gasteiger partial charge in [-0.25, -0.2) is 0 Å². The molecule has 24 heavy (non-hydrogen) atoms. The number of rotatable bonds is 4. The molecule has 0 aromatic carbocycles. The van der Waals surface area contributed by atoms with E-state index < -0.39 is 43.2 Å². The van der Waals surface area contributed by atoms with Gasteiger partial charge in [-0.15, -0.1) is 0 Å². The van der Waals surface area contributed by atoms with E-state index in [2.05, 4.69) is 11.1 Å². The molecule has 140 valence electrons. The zero-order chi connectivity index (χ0) is 18.9. The third-order valence-corrected chi connectivity index (χ3v) is 3.86. The monoisotopic (exact) mass is 369 g/mol. The van der Waals surface area contributed by atoms with Crippen molar-refractivity contribution < 1.29 is 44.1 Å². The van der Waals surface area contributed by atoms with Crippen molar-refractivity contribution in [1.29, 1.82) is 0 Å². The molecule has 5 atom stereocenters. The van der Waals surface area contributed by atoms with E-state index in [1.807, 2.05) is 14.1 Å². The van der Waals surface area contributed by atoms with Crippen molar-refractivity contribution in [3.8, 4) is 5.75 Å². The fourth-order valence-corrected chi connectivity index (χ4v) is 2.22. The molecule has 0 radical (unpaired) electrons. The van der Waals surface area contributed by atoms with E-state index in [9.17, 15) is 24.7 Å². The number of aliphatic hydroxyl groups is 5. The van der Waals surface area contributed by atoms with Gasteiger partial charge in [-0.2, -0.15) is 0 Å². The van der Waals surface area contributed by atoms with Crippen LogP contribution in [0.5, 0.6) is 0 Å². The molecule has 0 spiro atoms. The number of hydrogen-bond donors (Lipinski definition) is 6. The predicted molar refractivity (Wildman–Crippen MR) is 83.1 cm³/mol. The first-order valence-electron chi connectivity index (χ1n) is 7.20. The Kier molecular flexibility index (Phi) is 10.6. The first-order chi connectivity index (χ1) is 11.1. The van der Waals surface area contributed by atoms with E-state index in [4.69, 9.17) is 14.9 Å². The van der Waals surface area contributed by atoms with E-state index in [0.29, 0.717) is 11.0 Å². The van der Waals surface area contributed by atoms with Crippen LogP contribution in [0.2, 0.25) is 0 Å². The molecule has 0 aliphatic carbocycles. The molecule has 1 heterocycles. The molecule has 0 bridgehead atoms. The number of carbonyl (C=O) groups excluding carboxylic acids is 1. The van der Waals surface area contributed by atoms with Gasteiger partial charge in [-0.3, -0.25) is 4.79 Å². The van der Waals surface area contributed by atoms with Crippen LogP contribution in [0, 0.1) is 5.75 Å². The van der Waals surface area contributed by atoms with E-state index in [0.717, 1.165) is 0 Å². The molecule has 1 saturated heterocycles. The summed E-state index contributed by atoms with van der Waals surface area (Å²) in [6.07, 6.45) is -5.24. The van der Waals surface area contributed by atoms with Gasteiger partial charge in [0.1, 0.15) is 24.4 Å². The number of nitrogens with one attached hydrogen (secondary N) is 1. The van der Waals surface area contributed by atoms with Crippen LogP contribution < -0.4 is 5.32 Å². The zero-order valence-corrected chi connectivity index (χ0v) is 14.8. The van der Waals surface area contributed by atoms with Crippen molar-refractivity contribution in [1.82, 2.24) is 5.32 Å². The molecule has 0 saturated carbocycles. The van der Waals surface area contributed by atoms with Crippen LogP contribution in [0.25, 0.3) is 0 Å². The number of aliphatic hydroxyl groups excluding tert-OH is 5. The van der Waals surface area contributed by atoms with Crippen molar-refractivity contribution in [3.63, 3.8) is 0 Å². The van der Waals surface area contributed by atoms with Gasteiger partial charge in [0.15, 0.2) is 6.29 Å². The summed E-state index contributed by atoms with van der Waals surface area (Å²) >= 11 is 0. The Balaban J connectivity index is 0.000000506. The van der Waals surface area contributed by atoms with Crippen LogP contribution in [0.15, 0.2) is 0 Å². The minimum absolute atomic E-state index is 0.0928. The zero-order valence-electron chi connectivity index (χ0n) is 13.9. The summed E-state index contributed by atoms with van der Waals surface area (Å²) in [5.41, 5.74) is 0. The summed E-state index contributed by atoms with van der Waals surface area (Å²) < 4.78 is 15.2. The number of quaternary nitrogens is 1. The number of ether oxygens (including phenoxy) is 1. The van der Waals surface area contributed by atoms with E-state index in [1.54, 1.807) is 0 Å². The molecule has 1 unspecified atom stereocenters. The maximum atomic E-state index is 10.7. The molecular weight excluding hydrogens is 343 g/mol. The Bertz CT molecular complexity index is 497. The Labute approximate surface area is 141 Å². The number of nitrogens with zero attached hydrogens (tertiary/aromatic N) is 1. The van der Waals surface area contributed by atoms with Gasteiger partial charge in [0.25, 0.3) is 0 Å². The molecule has 1 fully saturated rings. The second kappa shape index (κ2) is 10.9. The molecule has 0 aromatic rings. The van der Waals surface area contributed by atoms with E-state index in [-0.39, 0.29) is 14.5 Å². The van der Waals surface area contributed by atoms with Crippen LogP contribution in [0.3, 0.4) is 0 Å². The summed E-state index contributed by atoms with van der Waals surface area (Å²) in [5.74, 6) is 2.16. The number of likely N-dealkylation sites (N-methyl/N-ethyl adjacent to an activating group) is 1. The van der Waals surface area contributed by atoms with Crippen LogP contribution >= 0.6 is 7.92 Å². The van der Waals surface area contributed by atoms with Gasteiger partial charge in [0.05, 0.1) is 6.61 Å². The predicted octanol–water partition coefficient (Wildman–Crippen LogP) is -2.81. The van der Waals surface area contributed by atoms with Crippen molar-refractivity contribution >= 4 is 13.8 Å². The van der Waals surface area contributed by atoms with Gasteiger partial charge >= 0.3 is 55.1 Å². The number of hydrogen-bond acceptors (Lipinski definition) is 8. The molecule has 1 aliphatic rings. The molecular formula is C13H26N2O8P+. The fourth-order valence-electron chi connectivity index (χ4n) is 1.90. The van der Waals surface area contributed by atoms with Gasteiger partial charge in [-0.1, -0.05) is 0 Å². The van der Waals surface area contributed by atoms with Crippen LogP contribution in [0.1, 0.15) is 6.92 Å². The van der Waals surface area contributed by atoms with Crippen molar-refractivity contribution in [3.05, 3.63) is 0 Å². The SMILES string of the molecule is CC(=O)N[C@H]1C(O)O[C@H](CO)[C@H](O)[C@@H]1O.C[N+](C)(C#P=O)CCO. The summed E-state index contributed by atoms with van der Waals surface area (Å²) in [7, 11) is 3.54. The average Bonchev–Trinajstić information content (AvgIpc) is 2.47. The number of carbonyl (C=O) groups is 1. The topological polar surface area (TPSA) is 157 Å². The second-order valence-corrected chi connectivity index (χ2v) is 6.16. The molecule has 11 heteroatoms. The quantitative estimate of drug-likeness (QED) is 0.229. The van der Waals surface area contributed by atoms with Crippen molar-refractivity contribution in [2.45, 2.75) is 37.6 Å².